The molecule has 0 unspecified atom stereocenters. The lowest BCUT2D eigenvalue weighted by molar-refractivity contribution is -0.118. The van der Waals surface area contributed by atoms with Crippen molar-refractivity contribution < 1.29 is 19.0 Å². The summed E-state index contributed by atoms with van der Waals surface area (Å²) in [5, 5.41) is 13.6. The Kier molecular flexibility index (Phi) is 9.60. The predicted molar refractivity (Wildman–Crippen MR) is 154 cm³/mol. The Morgan fingerprint density at radius 3 is 2.23 bits per heavy atom. The third-order valence-electron chi connectivity index (χ3n) is 5.38. The van der Waals surface area contributed by atoms with Gasteiger partial charge >= 0.3 is 0 Å². The van der Waals surface area contributed by atoms with Crippen molar-refractivity contribution in [3.05, 3.63) is 83.4 Å². The monoisotopic (exact) mass is 563 g/mol. The first-order valence-corrected chi connectivity index (χ1v) is 13.1. The van der Waals surface area contributed by atoms with E-state index in [1.807, 2.05) is 65.2 Å². The van der Waals surface area contributed by atoms with Crippen LogP contribution in [0.1, 0.15) is 5.56 Å². The van der Waals surface area contributed by atoms with E-state index in [9.17, 15) is 4.79 Å². The zero-order valence-corrected chi connectivity index (χ0v) is 23.1. The summed E-state index contributed by atoms with van der Waals surface area (Å²) >= 11 is 7.41. The molecule has 3 aromatic carbocycles. The van der Waals surface area contributed by atoms with Gasteiger partial charge in [0.15, 0.2) is 22.5 Å². The Labute approximate surface area is 235 Å². The van der Waals surface area contributed by atoms with Gasteiger partial charge in [0.25, 0.3) is 5.91 Å². The number of carbonyl (C=O) groups is 1. The van der Waals surface area contributed by atoms with Crippen LogP contribution in [0.3, 0.4) is 0 Å². The lowest BCUT2D eigenvalue weighted by Gasteiger charge is -2.15. The Morgan fingerprint density at radius 1 is 0.974 bits per heavy atom. The SMILES string of the molecule is COc1cc(-c2nnc(SCC(=O)N/N=C/C(Cl)=C/c3ccccc3)n2-c2ccccc2)cc(OC)c1OC. The van der Waals surface area contributed by atoms with E-state index < -0.39 is 0 Å². The highest BCUT2D eigenvalue weighted by molar-refractivity contribution is 7.99. The van der Waals surface area contributed by atoms with Gasteiger partial charge in [-0.05, 0) is 35.9 Å². The van der Waals surface area contributed by atoms with E-state index in [1.54, 1.807) is 39.5 Å². The van der Waals surface area contributed by atoms with Crippen LogP contribution in [0.2, 0.25) is 0 Å². The Balaban J connectivity index is 1.54. The van der Waals surface area contributed by atoms with Gasteiger partial charge in [0.2, 0.25) is 5.75 Å². The zero-order chi connectivity index (χ0) is 27.6. The highest BCUT2D eigenvalue weighted by Crippen LogP contribution is 2.41. The van der Waals surface area contributed by atoms with Crippen LogP contribution in [-0.2, 0) is 4.79 Å². The average Bonchev–Trinajstić information content (AvgIpc) is 3.40. The minimum atomic E-state index is -0.322. The summed E-state index contributed by atoms with van der Waals surface area (Å²) in [6, 6.07) is 22.8. The van der Waals surface area contributed by atoms with Gasteiger partial charge in [-0.3, -0.25) is 9.36 Å². The van der Waals surface area contributed by atoms with Gasteiger partial charge in [0, 0.05) is 11.3 Å². The molecule has 0 aliphatic heterocycles. The summed E-state index contributed by atoms with van der Waals surface area (Å²) in [4.78, 5) is 12.5. The molecule has 1 aromatic heterocycles. The number of hydrazone groups is 1. The normalized spacial score (nSPS) is 11.4. The second-order valence-electron chi connectivity index (χ2n) is 7.91. The van der Waals surface area contributed by atoms with Gasteiger partial charge < -0.3 is 14.2 Å². The van der Waals surface area contributed by atoms with Crippen LogP contribution in [0.25, 0.3) is 23.2 Å². The van der Waals surface area contributed by atoms with Crippen LogP contribution < -0.4 is 19.6 Å². The minimum absolute atomic E-state index is 0.0532. The maximum atomic E-state index is 12.5. The number of thioether (sulfide) groups is 1. The third-order valence-corrected chi connectivity index (χ3v) is 6.52. The molecule has 1 amide bonds. The smallest absolute Gasteiger partial charge is 0.250 e. The van der Waals surface area contributed by atoms with E-state index in [1.165, 1.54) is 18.0 Å². The molecular formula is C28H26ClN5O4S. The van der Waals surface area contributed by atoms with E-state index in [4.69, 9.17) is 25.8 Å². The summed E-state index contributed by atoms with van der Waals surface area (Å²) in [5.41, 5.74) is 4.94. The highest BCUT2D eigenvalue weighted by Gasteiger charge is 2.21. The predicted octanol–water partition coefficient (Wildman–Crippen LogP) is 5.43. The number of hydrogen-bond acceptors (Lipinski definition) is 8. The molecule has 0 bridgehead atoms. The fourth-order valence-electron chi connectivity index (χ4n) is 3.64. The van der Waals surface area contributed by atoms with Crippen LogP contribution in [0, 0.1) is 0 Å². The Hall–Kier alpha value is -4.28. The number of aromatic nitrogens is 3. The second kappa shape index (κ2) is 13.5. The largest absolute Gasteiger partial charge is 0.493 e. The third kappa shape index (κ3) is 6.98. The minimum Gasteiger partial charge on any atom is -0.493 e. The number of allylic oxidation sites excluding steroid dienone is 1. The number of para-hydroxylation sites is 1. The highest BCUT2D eigenvalue weighted by atomic mass is 35.5. The van der Waals surface area contributed by atoms with Crippen LogP contribution in [0.15, 0.2) is 88.1 Å². The molecule has 0 aliphatic rings. The number of hydrogen-bond donors (Lipinski definition) is 1. The van der Waals surface area contributed by atoms with Gasteiger partial charge in [0.1, 0.15) is 0 Å². The van der Waals surface area contributed by atoms with Gasteiger partial charge in [0.05, 0.1) is 38.3 Å². The van der Waals surface area contributed by atoms with Crippen molar-refractivity contribution in [1.29, 1.82) is 0 Å². The van der Waals surface area contributed by atoms with Crippen molar-refractivity contribution in [1.82, 2.24) is 20.2 Å². The van der Waals surface area contributed by atoms with Crippen LogP contribution in [-0.4, -0.2) is 54.0 Å². The van der Waals surface area contributed by atoms with Crippen LogP contribution >= 0.6 is 23.4 Å². The van der Waals surface area contributed by atoms with Gasteiger partial charge in [-0.25, -0.2) is 5.43 Å². The molecule has 4 rings (SSSR count). The van der Waals surface area contributed by atoms with Gasteiger partial charge in [-0.2, -0.15) is 5.10 Å². The number of halogens is 1. The molecule has 0 aliphatic carbocycles. The summed E-state index contributed by atoms with van der Waals surface area (Å²) in [7, 11) is 4.65. The number of ether oxygens (including phenoxy) is 3. The van der Waals surface area contributed by atoms with Gasteiger partial charge in [-0.15, -0.1) is 10.2 Å². The van der Waals surface area contributed by atoms with Crippen molar-refractivity contribution in [3.63, 3.8) is 0 Å². The summed E-state index contributed by atoms with van der Waals surface area (Å²) in [5.74, 6) is 1.72. The quantitative estimate of drug-likeness (QED) is 0.147. The van der Waals surface area contributed by atoms with E-state index in [2.05, 4.69) is 20.7 Å². The summed E-state index contributed by atoms with van der Waals surface area (Å²) in [6.45, 7) is 0. The number of amides is 1. The summed E-state index contributed by atoms with van der Waals surface area (Å²) in [6.07, 6.45) is 3.13. The zero-order valence-electron chi connectivity index (χ0n) is 21.5. The molecule has 1 heterocycles. The molecule has 0 atom stereocenters. The second-order valence-corrected chi connectivity index (χ2v) is 9.29. The lowest BCUT2D eigenvalue weighted by Crippen LogP contribution is -2.19. The molecule has 0 radical (unpaired) electrons. The first kappa shape index (κ1) is 27.7. The van der Waals surface area contributed by atoms with Crippen LogP contribution in [0.5, 0.6) is 17.2 Å². The molecule has 0 saturated heterocycles. The van der Waals surface area contributed by atoms with Gasteiger partial charge in [-0.1, -0.05) is 71.9 Å². The fourth-order valence-corrected chi connectivity index (χ4v) is 4.56. The summed E-state index contributed by atoms with van der Waals surface area (Å²) < 4.78 is 18.3. The molecule has 0 spiro atoms. The van der Waals surface area contributed by atoms with E-state index in [0.29, 0.717) is 38.8 Å². The van der Waals surface area contributed by atoms with E-state index >= 15 is 0 Å². The maximum absolute atomic E-state index is 12.5. The van der Waals surface area contributed by atoms with Crippen molar-refractivity contribution >= 4 is 41.6 Å². The molecule has 0 fully saturated rings. The molecule has 39 heavy (non-hydrogen) atoms. The first-order valence-electron chi connectivity index (χ1n) is 11.7. The number of rotatable bonds is 11. The molecular weight excluding hydrogens is 538 g/mol. The topological polar surface area (TPSA) is 99.9 Å². The van der Waals surface area contributed by atoms with Crippen molar-refractivity contribution in [2.45, 2.75) is 5.16 Å². The lowest BCUT2D eigenvalue weighted by atomic mass is 10.1. The van der Waals surface area contributed by atoms with Crippen LogP contribution in [0.4, 0.5) is 0 Å². The molecule has 9 nitrogen and oxygen atoms in total. The van der Waals surface area contributed by atoms with Crippen molar-refractivity contribution in [2.24, 2.45) is 5.10 Å². The molecule has 4 aromatic rings. The Morgan fingerprint density at radius 2 is 1.62 bits per heavy atom. The number of nitrogens with zero attached hydrogens (tertiary/aromatic N) is 4. The molecule has 0 saturated carbocycles. The van der Waals surface area contributed by atoms with Crippen molar-refractivity contribution in [3.8, 4) is 34.3 Å². The van der Waals surface area contributed by atoms with E-state index in [-0.39, 0.29) is 11.7 Å². The molecule has 11 heteroatoms. The molecule has 1 N–H and O–H groups in total. The van der Waals surface area contributed by atoms with Crippen molar-refractivity contribution in [2.75, 3.05) is 27.1 Å². The Bertz CT molecular complexity index is 1450. The number of methoxy groups -OCH3 is 3. The first-order chi connectivity index (χ1) is 19.0. The average molecular weight is 564 g/mol. The number of nitrogens with one attached hydrogen (secondary N) is 1. The maximum Gasteiger partial charge on any atom is 0.250 e. The van der Waals surface area contributed by atoms with E-state index in [0.717, 1.165) is 11.3 Å². The fraction of sp³-hybridized carbons (Fsp3) is 0.143. The number of carbonyl (C=O) groups excluding carboxylic acids is 1. The standard InChI is InChI=1S/C28H26ClN5O4S/c1-36-23-15-20(16-24(37-2)26(23)38-3)27-32-33-28(34(27)22-12-8-5-9-13-22)39-18-25(35)31-30-17-21(29)14-19-10-6-4-7-11-19/h4-17H,18H2,1-3H3,(H,31,35)/b21-14-,30-17+. The molecule has 200 valence electrons. The number of benzene rings is 3.